The number of halogens is 7. The summed E-state index contributed by atoms with van der Waals surface area (Å²) in [4.78, 5) is 17.3. The van der Waals surface area contributed by atoms with Crippen molar-refractivity contribution >= 4 is 58.0 Å². The lowest BCUT2D eigenvalue weighted by atomic mass is 10.2. The zero-order valence-corrected chi connectivity index (χ0v) is 20.9. The summed E-state index contributed by atoms with van der Waals surface area (Å²) in [6.07, 6.45) is -6.20. The molecule has 6 nitrogen and oxygen atoms in total. The van der Waals surface area contributed by atoms with Crippen molar-refractivity contribution in [3.8, 4) is 0 Å². The molecule has 1 aliphatic heterocycles. The van der Waals surface area contributed by atoms with E-state index in [4.69, 9.17) is 34.8 Å². The van der Waals surface area contributed by atoms with Crippen molar-refractivity contribution in [2.75, 3.05) is 10.3 Å². The molecule has 0 saturated carbocycles. The Morgan fingerprint density at radius 1 is 0.973 bits per heavy atom. The second-order valence-electron chi connectivity index (χ2n) is 8.01. The SMILES string of the molecule is O=C(NC(=NC1CC(C(F)(F)F)NN1c1cccc(Cl)c1)Nc1cc(F)cc(Cl)c1)c1cccc(Cl)c1. The zero-order valence-electron chi connectivity index (χ0n) is 18.7. The van der Waals surface area contributed by atoms with E-state index in [0.29, 0.717) is 15.7 Å². The van der Waals surface area contributed by atoms with Gasteiger partial charge in [0.05, 0.1) is 5.69 Å². The van der Waals surface area contributed by atoms with Gasteiger partial charge in [-0.25, -0.2) is 14.8 Å². The Morgan fingerprint density at radius 3 is 2.32 bits per heavy atom. The summed E-state index contributed by atoms with van der Waals surface area (Å²) < 4.78 is 54.8. The molecule has 3 aromatic rings. The molecule has 0 aliphatic carbocycles. The van der Waals surface area contributed by atoms with Crippen molar-refractivity contribution in [3.05, 3.63) is 93.2 Å². The molecule has 4 rings (SSSR count). The molecule has 0 aromatic heterocycles. The number of nitrogens with zero attached hydrogens (tertiary/aromatic N) is 2. The molecule has 13 heteroatoms. The van der Waals surface area contributed by atoms with Crippen LogP contribution in [0.3, 0.4) is 0 Å². The van der Waals surface area contributed by atoms with E-state index in [2.05, 4.69) is 21.1 Å². The third kappa shape index (κ3) is 7.04. The van der Waals surface area contributed by atoms with E-state index in [9.17, 15) is 22.4 Å². The molecule has 1 saturated heterocycles. The standard InChI is InChI=1S/C24H18Cl3F4N5O/c25-14-4-1-3-13(7-14)22(37)34-23(32-18-9-16(27)8-17(28)11-18)33-21-12-20(24(29,30)31)35-36(21)19-6-2-5-15(26)10-19/h1-11,20-21,35H,12H2,(H2,32,33,34,37). The molecule has 0 bridgehead atoms. The monoisotopic (exact) mass is 573 g/mol. The summed E-state index contributed by atoms with van der Waals surface area (Å²) in [5, 5.41) is 7.13. The molecule has 1 fully saturated rings. The predicted octanol–water partition coefficient (Wildman–Crippen LogP) is 6.66. The average molecular weight is 575 g/mol. The van der Waals surface area contributed by atoms with Crippen LogP contribution < -0.4 is 21.1 Å². The Morgan fingerprint density at radius 2 is 1.68 bits per heavy atom. The lowest BCUT2D eigenvalue weighted by Gasteiger charge is -2.25. The minimum absolute atomic E-state index is 0.0586. The van der Waals surface area contributed by atoms with Gasteiger partial charge in [0, 0.05) is 32.7 Å². The molecule has 2 unspecified atom stereocenters. The van der Waals surface area contributed by atoms with Gasteiger partial charge in [-0.1, -0.05) is 46.9 Å². The lowest BCUT2D eigenvalue weighted by Crippen LogP contribution is -2.45. The first-order valence-corrected chi connectivity index (χ1v) is 11.9. The molecule has 1 heterocycles. The lowest BCUT2D eigenvalue weighted by molar-refractivity contribution is -0.152. The van der Waals surface area contributed by atoms with Crippen LogP contribution in [0.2, 0.25) is 15.1 Å². The van der Waals surface area contributed by atoms with Crippen molar-refractivity contribution < 1.29 is 22.4 Å². The minimum atomic E-state index is -4.57. The van der Waals surface area contributed by atoms with Gasteiger partial charge in [0.15, 0.2) is 0 Å². The molecule has 0 spiro atoms. The van der Waals surface area contributed by atoms with Gasteiger partial charge in [-0.2, -0.15) is 13.2 Å². The fourth-order valence-electron chi connectivity index (χ4n) is 3.63. The highest BCUT2D eigenvalue weighted by Gasteiger charge is 2.48. The number of hydrogen-bond acceptors (Lipinski definition) is 4. The highest BCUT2D eigenvalue weighted by Crippen LogP contribution is 2.33. The van der Waals surface area contributed by atoms with Crippen molar-refractivity contribution in [1.82, 2.24) is 10.7 Å². The predicted molar refractivity (Wildman–Crippen MR) is 137 cm³/mol. The third-order valence-corrected chi connectivity index (χ3v) is 5.93. The smallest absolute Gasteiger partial charge is 0.326 e. The Labute approximate surface area is 224 Å². The zero-order chi connectivity index (χ0) is 26.7. The van der Waals surface area contributed by atoms with E-state index in [1.807, 2.05) is 0 Å². The third-order valence-electron chi connectivity index (χ3n) is 5.24. The largest absolute Gasteiger partial charge is 0.405 e. The number of nitrogens with one attached hydrogen (secondary N) is 3. The number of hydrogen-bond donors (Lipinski definition) is 3. The van der Waals surface area contributed by atoms with Crippen LogP contribution in [0.4, 0.5) is 28.9 Å². The van der Waals surface area contributed by atoms with E-state index in [0.717, 1.165) is 12.1 Å². The molecule has 1 amide bonds. The van der Waals surface area contributed by atoms with E-state index < -0.39 is 36.5 Å². The molecule has 37 heavy (non-hydrogen) atoms. The number of alkyl halides is 3. The van der Waals surface area contributed by atoms with Crippen LogP contribution in [-0.4, -0.2) is 30.3 Å². The number of aliphatic imine (C=N–C) groups is 1. The highest BCUT2D eigenvalue weighted by atomic mass is 35.5. The molecule has 2 atom stereocenters. The number of carbonyl (C=O) groups excluding carboxylic acids is 1. The van der Waals surface area contributed by atoms with Gasteiger partial charge in [0.2, 0.25) is 5.96 Å². The number of hydrazine groups is 1. The summed E-state index contributed by atoms with van der Waals surface area (Å²) >= 11 is 18.0. The molecule has 3 N–H and O–H groups in total. The number of guanidine groups is 1. The fraction of sp³-hybridized carbons (Fsp3) is 0.167. The van der Waals surface area contributed by atoms with Crippen molar-refractivity contribution in [3.63, 3.8) is 0 Å². The number of rotatable bonds is 4. The number of carbonyl (C=O) groups is 1. The van der Waals surface area contributed by atoms with Gasteiger partial charge in [0.25, 0.3) is 5.91 Å². The fourth-order valence-corrected chi connectivity index (χ4v) is 4.23. The van der Waals surface area contributed by atoms with Crippen LogP contribution in [0.25, 0.3) is 0 Å². The first-order valence-electron chi connectivity index (χ1n) is 10.7. The molecule has 3 aromatic carbocycles. The maximum absolute atomic E-state index is 13.9. The highest BCUT2D eigenvalue weighted by molar-refractivity contribution is 6.31. The van der Waals surface area contributed by atoms with Gasteiger partial charge in [-0.3, -0.25) is 15.1 Å². The number of anilines is 2. The molecular weight excluding hydrogens is 557 g/mol. The quantitative estimate of drug-likeness (QED) is 0.185. The summed E-state index contributed by atoms with van der Waals surface area (Å²) in [5.41, 5.74) is 3.01. The summed E-state index contributed by atoms with van der Waals surface area (Å²) in [5.74, 6) is -1.56. The second-order valence-corrected chi connectivity index (χ2v) is 9.32. The van der Waals surface area contributed by atoms with E-state index in [-0.39, 0.29) is 22.2 Å². The van der Waals surface area contributed by atoms with Gasteiger partial charge >= 0.3 is 6.18 Å². The van der Waals surface area contributed by atoms with E-state index in [1.165, 1.54) is 29.3 Å². The van der Waals surface area contributed by atoms with Crippen molar-refractivity contribution in [1.29, 1.82) is 0 Å². The first-order chi connectivity index (χ1) is 17.5. The Kier molecular flexibility index (Phi) is 8.13. The van der Waals surface area contributed by atoms with Gasteiger partial charge in [0.1, 0.15) is 18.0 Å². The number of benzene rings is 3. The van der Waals surface area contributed by atoms with Crippen LogP contribution in [0.1, 0.15) is 16.8 Å². The molecule has 1 aliphatic rings. The maximum atomic E-state index is 13.9. The molecule has 194 valence electrons. The Hall–Kier alpha value is -3.05. The summed E-state index contributed by atoms with van der Waals surface area (Å²) in [7, 11) is 0. The average Bonchev–Trinajstić information content (AvgIpc) is 3.23. The minimum Gasteiger partial charge on any atom is -0.326 e. The Balaban J connectivity index is 1.72. The van der Waals surface area contributed by atoms with Crippen LogP contribution in [0.5, 0.6) is 0 Å². The van der Waals surface area contributed by atoms with Crippen LogP contribution in [0.15, 0.2) is 71.7 Å². The summed E-state index contributed by atoms with van der Waals surface area (Å²) in [6, 6.07) is 13.8. The van der Waals surface area contributed by atoms with E-state index >= 15 is 0 Å². The molecular formula is C24H18Cl3F4N5O. The van der Waals surface area contributed by atoms with Crippen molar-refractivity contribution in [2.45, 2.75) is 24.8 Å². The second kappa shape index (κ2) is 11.1. The van der Waals surface area contributed by atoms with Gasteiger partial charge < -0.3 is 5.32 Å². The maximum Gasteiger partial charge on any atom is 0.405 e. The summed E-state index contributed by atoms with van der Waals surface area (Å²) in [6.45, 7) is 0. The van der Waals surface area contributed by atoms with Crippen molar-refractivity contribution in [2.24, 2.45) is 4.99 Å². The van der Waals surface area contributed by atoms with Crippen LogP contribution in [-0.2, 0) is 0 Å². The van der Waals surface area contributed by atoms with Gasteiger partial charge in [-0.15, -0.1) is 0 Å². The van der Waals surface area contributed by atoms with Crippen LogP contribution in [0, 0.1) is 5.82 Å². The normalized spacial score (nSPS) is 18.1. The molecule has 0 radical (unpaired) electrons. The van der Waals surface area contributed by atoms with Gasteiger partial charge in [-0.05, 0) is 54.6 Å². The van der Waals surface area contributed by atoms with Crippen LogP contribution >= 0.6 is 34.8 Å². The van der Waals surface area contributed by atoms with E-state index in [1.54, 1.807) is 30.3 Å². The number of amides is 1. The topological polar surface area (TPSA) is 68.8 Å². The first kappa shape index (κ1) is 27.0. The Bertz CT molecular complexity index is 1320.